The molecule has 5 heteroatoms. The van der Waals surface area contributed by atoms with Gasteiger partial charge in [-0.1, -0.05) is 105 Å². The molecule has 0 atom stereocenters. The van der Waals surface area contributed by atoms with Gasteiger partial charge in [0.1, 0.15) is 13.2 Å². The lowest BCUT2D eigenvalue weighted by Gasteiger charge is -2.23. The summed E-state index contributed by atoms with van der Waals surface area (Å²) in [6, 6.07) is 0. The highest BCUT2D eigenvalue weighted by molar-refractivity contribution is 5.59. The van der Waals surface area contributed by atoms with Gasteiger partial charge in [0.2, 0.25) is 0 Å². The maximum atomic E-state index is 12.1. The number of hydrogen-bond acceptors (Lipinski definition) is 5. The summed E-state index contributed by atoms with van der Waals surface area (Å²) in [4.78, 5) is 17.1. The molecule has 5 nitrogen and oxygen atoms in total. The molecule has 0 aliphatic heterocycles. The van der Waals surface area contributed by atoms with E-state index in [4.69, 9.17) is 9.47 Å². The molecular weight excluding hydrogens is 424 g/mol. The SMILES string of the molecule is CCCCCCN(CCCCCC)CCOC(=O)OCCN(CCCCCC)CCCCCC. The molecule has 204 valence electrons. The minimum atomic E-state index is -0.506. The smallest absolute Gasteiger partial charge is 0.433 e. The van der Waals surface area contributed by atoms with E-state index in [2.05, 4.69) is 37.5 Å². The molecule has 0 radical (unpaired) electrons. The molecule has 0 aromatic carbocycles. The van der Waals surface area contributed by atoms with Gasteiger partial charge in [0.15, 0.2) is 0 Å². The van der Waals surface area contributed by atoms with E-state index >= 15 is 0 Å². The summed E-state index contributed by atoms with van der Waals surface area (Å²) in [5, 5.41) is 0. The molecule has 0 unspecified atom stereocenters. The normalized spacial score (nSPS) is 11.5. The van der Waals surface area contributed by atoms with Crippen LogP contribution in [0.4, 0.5) is 4.79 Å². The minimum Gasteiger partial charge on any atom is -0.433 e. The third-order valence-electron chi connectivity index (χ3n) is 6.57. The van der Waals surface area contributed by atoms with Gasteiger partial charge in [-0.15, -0.1) is 0 Å². The molecule has 0 fully saturated rings. The van der Waals surface area contributed by atoms with Crippen LogP contribution in [-0.2, 0) is 9.47 Å². The standard InChI is InChI=1S/C29H60N2O3/c1-5-9-13-17-21-30(22-18-14-10-6-2)25-27-33-29(32)34-28-26-31(23-19-15-11-7-3)24-20-16-12-8-4/h5-28H2,1-4H3. The quantitative estimate of drug-likeness (QED) is 0.0917. The van der Waals surface area contributed by atoms with Gasteiger partial charge >= 0.3 is 6.16 Å². The van der Waals surface area contributed by atoms with Gasteiger partial charge in [-0.25, -0.2) is 4.79 Å². The predicted octanol–water partition coefficient (Wildman–Crippen LogP) is 8.06. The van der Waals surface area contributed by atoms with E-state index in [9.17, 15) is 4.79 Å². The highest BCUT2D eigenvalue weighted by Gasteiger charge is 2.10. The van der Waals surface area contributed by atoms with Crippen LogP contribution in [0.25, 0.3) is 0 Å². The zero-order valence-electron chi connectivity index (χ0n) is 23.6. The molecule has 0 amide bonds. The average molecular weight is 485 g/mol. The maximum absolute atomic E-state index is 12.1. The van der Waals surface area contributed by atoms with Gasteiger partial charge in [-0.05, 0) is 51.9 Å². The number of carbonyl (C=O) groups excluding carboxylic acids is 1. The van der Waals surface area contributed by atoms with Gasteiger partial charge in [0.25, 0.3) is 0 Å². The van der Waals surface area contributed by atoms with Crippen molar-refractivity contribution in [2.45, 2.75) is 130 Å². The van der Waals surface area contributed by atoms with E-state index in [-0.39, 0.29) is 0 Å². The minimum absolute atomic E-state index is 0.429. The lowest BCUT2D eigenvalue weighted by Crippen LogP contribution is -2.32. The second kappa shape index (κ2) is 26.8. The Bertz CT molecular complexity index is 360. The molecular formula is C29H60N2O3. The summed E-state index contributed by atoms with van der Waals surface area (Å²) in [5.41, 5.74) is 0. The van der Waals surface area contributed by atoms with Crippen molar-refractivity contribution in [3.05, 3.63) is 0 Å². The molecule has 0 aliphatic carbocycles. The third kappa shape index (κ3) is 23.0. The van der Waals surface area contributed by atoms with Crippen LogP contribution in [0, 0.1) is 0 Å². The lowest BCUT2D eigenvalue weighted by molar-refractivity contribution is 0.0410. The summed E-state index contributed by atoms with van der Waals surface area (Å²) >= 11 is 0. The molecule has 0 aliphatic rings. The van der Waals surface area contributed by atoms with E-state index in [0.29, 0.717) is 13.2 Å². The van der Waals surface area contributed by atoms with Crippen molar-refractivity contribution < 1.29 is 14.3 Å². The van der Waals surface area contributed by atoms with Crippen LogP contribution in [0.5, 0.6) is 0 Å². The molecule has 0 aromatic rings. The van der Waals surface area contributed by atoms with Gasteiger partial charge in [-0.2, -0.15) is 0 Å². The molecule has 0 aromatic heterocycles. The van der Waals surface area contributed by atoms with Crippen molar-refractivity contribution in [1.29, 1.82) is 0 Å². The topological polar surface area (TPSA) is 42.0 Å². The number of carbonyl (C=O) groups is 1. The van der Waals surface area contributed by atoms with Gasteiger partial charge < -0.3 is 9.47 Å². The summed E-state index contributed by atoms with van der Waals surface area (Å²) in [6.07, 6.45) is 19.9. The zero-order valence-corrected chi connectivity index (χ0v) is 23.6. The molecule has 34 heavy (non-hydrogen) atoms. The van der Waals surface area contributed by atoms with Crippen molar-refractivity contribution in [3.8, 4) is 0 Å². The van der Waals surface area contributed by atoms with Crippen LogP contribution in [0.2, 0.25) is 0 Å². The maximum Gasteiger partial charge on any atom is 0.508 e. The van der Waals surface area contributed by atoms with Crippen LogP contribution >= 0.6 is 0 Å². The Morgan fingerprint density at radius 2 is 0.735 bits per heavy atom. The summed E-state index contributed by atoms with van der Waals surface area (Å²) in [7, 11) is 0. The van der Waals surface area contributed by atoms with Gasteiger partial charge in [0, 0.05) is 13.1 Å². The number of hydrogen-bond donors (Lipinski definition) is 0. The number of nitrogens with zero attached hydrogens (tertiary/aromatic N) is 2. The van der Waals surface area contributed by atoms with Crippen molar-refractivity contribution in [2.75, 3.05) is 52.5 Å². The van der Waals surface area contributed by atoms with E-state index in [1.807, 2.05) is 0 Å². The van der Waals surface area contributed by atoms with E-state index in [1.54, 1.807) is 0 Å². The molecule has 0 saturated carbocycles. The van der Waals surface area contributed by atoms with Crippen LogP contribution < -0.4 is 0 Å². The van der Waals surface area contributed by atoms with Crippen molar-refractivity contribution in [1.82, 2.24) is 9.80 Å². The Balaban J connectivity index is 4.18. The average Bonchev–Trinajstić information content (AvgIpc) is 2.84. The molecule has 0 saturated heterocycles. The summed E-state index contributed by atoms with van der Waals surface area (Å²) < 4.78 is 10.8. The van der Waals surface area contributed by atoms with E-state index in [0.717, 1.165) is 39.3 Å². The Morgan fingerprint density at radius 1 is 0.441 bits per heavy atom. The van der Waals surface area contributed by atoms with Gasteiger partial charge in [0.05, 0.1) is 0 Å². The molecule has 0 heterocycles. The largest absolute Gasteiger partial charge is 0.508 e. The second-order valence-electron chi connectivity index (χ2n) is 9.87. The first-order valence-corrected chi connectivity index (χ1v) is 14.9. The van der Waals surface area contributed by atoms with Crippen molar-refractivity contribution in [3.63, 3.8) is 0 Å². The fourth-order valence-corrected chi connectivity index (χ4v) is 4.28. The summed E-state index contributed by atoms with van der Waals surface area (Å²) in [6.45, 7) is 15.9. The second-order valence-corrected chi connectivity index (χ2v) is 9.87. The lowest BCUT2D eigenvalue weighted by atomic mass is 10.1. The molecule has 0 spiro atoms. The van der Waals surface area contributed by atoms with E-state index < -0.39 is 6.16 Å². The Kier molecular flexibility index (Phi) is 26.2. The van der Waals surface area contributed by atoms with Crippen LogP contribution in [-0.4, -0.2) is 68.4 Å². The number of rotatable bonds is 26. The Labute approximate surface area is 213 Å². The zero-order chi connectivity index (χ0) is 25.1. The van der Waals surface area contributed by atoms with Crippen LogP contribution in [0.3, 0.4) is 0 Å². The van der Waals surface area contributed by atoms with Crippen LogP contribution in [0.15, 0.2) is 0 Å². The Hall–Kier alpha value is -0.810. The first kappa shape index (κ1) is 33.2. The molecule has 0 N–H and O–H groups in total. The number of unbranched alkanes of at least 4 members (excludes halogenated alkanes) is 12. The first-order chi connectivity index (χ1) is 16.7. The summed E-state index contributed by atoms with van der Waals surface area (Å²) in [5.74, 6) is 0. The number of ether oxygens (including phenoxy) is 2. The highest BCUT2D eigenvalue weighted by Crippen LogP contribution is 2.07. The molecule has 0 rings (SSSR count). The Morgan fingerprint density at radius 3 is 1.00 bits per heavy atom. The van der Waals surface area contributed by atoms with Crippen molar-refractivity contribution in [2.24, 2.45) is 0 Å². The van der Waals surface area contributed by atoms with Crippen LogP contribution in [0.1, 0.15) is 130 Å². The highest BCUT2D eigenvalue weighted by atomic mass is 16.7. The fourth-order valence-electron chi connectivity index (χ4n) is 4.28. The third-order valence-corrected chi connectivity index (χ3v) is 6.57. The monoisotopic (exact) mass is 484 g/mol. The first-order valence-electron chi connectivity index (χ1n) is 14.9. The fraction of sp³-hybridized carbons (Fsp3) is 0.966. The van der Waals surface area contributed by atoms with Gasteiger partial charge in [-0.3, -0.25) is 9.80 Å². The van der Waals surface area contributed by atoms with E-state index in [1.165, 1.54) is 103 Å². The molecule has 0 bridgehead atoms. The predicted molar refractivity (Wildman–Crippen MR) is 147 cm³/mol. The van der Waals surface area contributed by atoms with Crippen molar-refractivity contribution >= 4 is 6.16 Å².